The summed E-state index contributed by atoms with van der Waals surface area (Å²) >= 11 is 3.71. The third-order valence-corrected chi connectivity index (χ3v) is 5.96. The number of thioether (sulfide) groups is 1. The molecule has 0 saturated carbocycles. The van der Waals surface area contributed by atoms with Gasteiger partial charge in [0.25, 0.3) is 5.76 Å². The fourth-order valence-corrected chi connectivity index (χ4v) is 3.99. The third-order valence-electron chi connectivity index (χ3n) is 3.19. The summed E-state index contributed by atoms with van der Waals surface area (Å²) in [5.41, 5.74) is 0.367. The van der Waals surface area contributed by atoms with Crippen molar-refractivity contribution in [1.29, 1.82) is 0 Å². The van der Waals surface area contributed by atoms with Crippen LogP contribution in [0.2, 0.25) is 0 Å². The molecule has 2 aromatic carbocycles. The van der Waals surface area contributed by atoms with Crippen LogP contribution in [-0.4, -0.2) is 21.6 Å². The van der Waals surface area contributed by atoms with E-state index in [1.54, 1.807) is 30.3 Å². The maximum atomic E-state index is 12.5. The Hall–Kier alpha value is -1.25. The predicted molar refractivity (Wildman–Crippen MR) is 102 cm³/mol. The molecule has 0 spiro atoms. The van der Waals surface area contributed by atoms with Gasteiger partial charge < -0.3 is 5.32 Å². The number of hydrogen-bond acceptors (Lipinski definition) is 3. The Morgan fingerprint density at radius 2 is 1.84 bits per heavy atom. The van der Waals surface area contributed by atoms with Crippen molar-refractivity contribution in [3.8, 4) is 0 Å². The summed E-state index contributed by atoms with van der Waals surface area (Å²) in [6.45, 7) is 0. The largest absolute Gasteiger partial charge is 0.325 e. The van der Waals surface area contributed by atoms with Crippen molar-refractivity contribution in [2.75, 3.05) is 11.1 Å². The first-order valence-corrected chi connectivity index (χ1v) is 10.4. The molecule has 0 saturated heterocycles. The average molecular weight is 448 g/mol. The number of carbonyl (C=O) groups excluding carboxylic acids is 1. The lowest BCUT2D eigenvalue weighted by Crippen LogP contribution is -2.13. The zero-order chi connectivity index (χ0) is 18.2. The molecule has 0 radical (unpaired) electrons. The lowest BCUT2D eigenvalue weighted by atomic mass is 10.3. The van der Waals surface area contributed by atoms with Gasteiger partial charge in [0.1, 0.15) is 0 Å². The molecule has 0 bridgehead atoms. The Morgan fingerprint density at radius 1 is 1.16 bits per heavy atom. The van der Waals surface area contributed by atoms with E-state index in [0.29, 0.717) is 39.4 Å². The molecule has 1 atom stereocenters. The number of nitrogens with one attached hydrogen (secondary N) is 1. The van der Waals surface area contributed by atoms with Gasteiger partial charge in [-0.1, -0.05) is 39.8 Å². The van der Waals surface area contributed by atoms with Crippen LogP contribution in [0.1, 0.15) is 12.8 Å². The van der Waals surface area contributed by atoms with Gasteiger partial charge in [0.05, 0.1) is 16.5 Å². The van der Waals surface area contributed by atoms with E-state index in [1.807, 2.05) is 12.1 Å². The summed E-state index contributed by atoms with van der Waals surface area (Å²) in [6, 6.07) is 13.6. The first kappa shape index (κ1) is 20.1. The van der Waals surface area contributed by atoms with Gasteiger partial charge in [0.2, 0.25) is 5.91 Å². The highest BCUT2D eigenvalue weighted by molar-refractivity contribution is 9.10. The molecule has 25 heavy (non-hydrogen) atoms. The van der Waals surface area contributed by atoms with Crippen LogP contribution in [0.4, 0.5) is 14.5 Å². The number of para-hydroxylation sites is 1. The summed E-state index contributed by atoms with van der Waals surface area (Å²) in [4.78, 5) is 13.0. The van der Waals surface area contributed by atoms with Crippen LogP contribution in [0.5, 0.6) is 0 Å². The molecule has 0 aliphatic carbocycles. The van der Waals surface area contributed by atoms with Crippen LogP contribution in [0, 0.1) is 0 Å². The van der Waals surface area contributed by atoms with Gasteiger partial charge >= 0.3 is 0 Å². The van der Waals surface area contributed by atoms with Gasteiger partial charge in [-0.05, 0) is 42.8 Å². The van der Waals surface area contributed by atoms with Gasteiger partial charge in [-0.25, -0.2) is 0 Å². The van der Waals surface area contributed by atoms with Crippen LogP contribution in [0.15, 0.2) is 62.8 Å². The molecule has 1 unspecified atom stereocenters. The number of alkyl halides is 2. The minimum Gasteiger partial charge on any atom is -0.325 e. The van der Waals surface area contributed by atoms with Crippen LogP contribution in [-0.2, 0) is 15.6 Å². The fraction of sp³-hybridized carbons (Fsp3) is 0.235. The standard InChI is InChI=1S/C17H16BrF2NO2S2/c18-12-7-9-13(10-8-12)25(23)11-3-6-16(22)21-14-4-1-2-5-15(14)24-17(19)20/h1-2,4-5,7-10,17H,3,6,11H2,(H,21,22). The first-order chi connectivity index (χ1) is 12.0. The number of hydrogen-bond donors (Lipinski definition) is 1. The Labute approximate surface area is 160 Å². The molecule has 0 aliphatic rings. The summed E-state index contributed by atoms with van der Waals surface area (Å²) in [5.74, 6) is -2.47. The smallest absolute Gasteiger partial charge is 0.288 e. The molecule has 1 amide bonds. The fourth-order valence-electron chi connectivity index (χ4n) is 2.05. The van der Waals surface area contributed by atoms with Gasteiger partial charge in [0, 0.05) is 26.4 Å². The van der Waals surface area contributed by atoms with Crippen molar-refractivity contribution in [3.05, 3.63) is 53.0 Å². The molecule has 0 aliphatic heterocycles. The topological polar surface area (TPSA) is 46.2 Å². The highest BCUT2D eigenvalue weighted by Gasteiger charge is 2.12. The number of carbonyl (C=O) groups is 1. The Bertz CT molecular complexity index is 742. The second kappa shape index (κ2) is 10.0. The van der Waals surface area contributed by atoms with E-state index in [4.69, 9.17) is 0 Å². The number of rotatable bonds is 8. The molecular formula is C17H16BrF2NO2S2. The van der Waals surface area contributed by atoms with Crippen LogP contribution >= 0.6 is 27.7 Å². The van der Waals surface area contributed by atoms with E-state index < -0.39 is 16.6 Å². The van der Waals surface area contributed by atoms with Crippen molar-refractivity contribution < 1.29 is 17.8 Å². The highest BCUT2D eigenvalue weighted by atomic mass is 79.9. The van der Waals surface area contributed by atoms with Crippen molar-refractivity contribution in [2.24, 2.45) is 0 Å². The summed E-state index contributed by atoms with van der Waals surface area (Å²) in [7, 11) is -1.17. The molecule has 3 nitrogen and oxygen atoms in total. The van der Waals surface area contributed by atoms with Gasteiger partial charge in [-0.3, -0.25) is 9.00 Å². The number of benzene rings is 2. The van der Waals surface area contributed by atoms with E-state index in [1.165, 1.54) is 6.07 Å². The molecule has 134 valence electrons. The van der Waals surface area contributed by atoms with Crippen LogP contribution in [0.3, 0.4) is 0 Å². The predicted octanol–water partition coefficient (Wildman–Crippen LogP) is 5.29. The molecule has 8 heteroatoms. The number of anilines is 1. The van der Waals surface area contributed by atoms with E-state index >= 15 is 0 Å². The maximum Gasteiger partial charge on any atom is 0.288 e. The van der Waals surface area contributed by atoms with E-state index in [9.17, 15) is 17.8 Å². The van der Waals surface area contributed by atoms with Crippen LogP contribution in [0.25, 0.3) is 0 Å². The molecular weight excluding hydrogens is 432 g/mol. The third kappa shape index (κ3) is 6.87. The minimum atomic E-state index is -2.55. The zero-order valence-corrected chi connectivity index (χ0v) is 16.3. The zero-order valence-electron chi connectivity index (χ0n) is 13.1. The Balaban J connectivity index is 1.83. The second-order valence-corrected chi connectivity index (χ2v) is 8.55. The Morgan fingerprint density at radius 3 is 2.52 bits per heavy atom. The molecule has 0 aromatic heterocycles. The highest BCUT2D eigenvalue weighted by Crippen LogP contribution is 2.31. The van der Waals surface area contributed by atoms with Crippen molar-refractivity contribution >= 4 is 50.1 Å². The normalized spacial score (nSPS) is 12.2. The molecule has 2 aromatic rings. The lowest BCUT2D eigenvalue weighted by Gasteiger charge is -2.10. The van der Waals surface area contributed by atoms with Crippen LogP contribution < -0.4 is 5.32 Å². The van der Waals surface area contributed by atoms with Crippen molar-refractivity contribution in [1.82, 2.24) is 0 Å². The summed E-state index contributed by atoms with van der Waals surface area (Å²) in [5, 5.41) is 2.64. The lowest BCUT2D eigenvalue weighted by molar-refractivity contribution is -0.116. The average Bonchev–Trinajstić information content (AvgIpc) is 2.56. The minimum absolute atomic E-state index is 0.177. The number of amides is 1. The van der Waals surface area contributed by atoms with Crippen molar-refractivity contribution in [3.63, 3.8) is 0 Å². The Kier molecular flexibility index (Phi) is 8.05. The van der Waals surface area contributed by atoms with E-state index in [0.717, 1.165) is 4.47 Å². The molecule has 1 N–H and O–H groups in total. The van der Waals surface area contributed by atoms with Gasteiger partial charge in [-0.2, -0.15) is 8.78 Å². The van der Waals surface area contributed by atoms with E-state index in [2.05, 4.69) is 21.2 Å². The van der Waals surface area contributed by atoms with Gasteiger partial charge in [-0.15, -0.1) is 0 Å². The maximum absolute atomic E-state index is 12.5. The quantitative estimate of drug-likeness (QED) is 0.559. The SMILES string of the molecule is O=C(CCCS(=O)c1ccc(Br)cc1)Nc1ccccc1SC(F)F. The second-order valence-electron chi connectivity index (χ2n) is 5.03. The number of halogens is 3. The van der Waals surface area contributed by atoms with Crippen molar-refractivity contribution in [2.45, 2.75) is 28.4 Å². The summed E-state index contributed by atoms with van der Waals surface area (Å²) < 4.78 is 38.1. The molecule has 0 heterocycles. The summed E-state index contributed by atoms with van der Waals surface area (Å²) in [6.07, 6.45) is 0.620. The van der Waals surface area contributed by atoms with E-state index in [-0.39, 0.29) is 12.3 Å². The molecule has 0 fully saturated rings. The van der Waals surface area contributed by atoms with Gasteiger partial charge in [0.15, 0.2) is 0 Å². The molecule has 2 rings (SSSR count). The first-order valence-electron chi connectivity index (χ1n) is 7.43. The monoisotopic (exact) mass is 447 g/mol.